The molecular formula is C28H37NO4Si. The Bertz CT molecular complexity index is 1110. The second-order valence-electron chi connectivity index (χ2n) is 9.75. The van der Waals surface area contributed by atoms with Crippen molar-refractivity contribution in [1.29, 1.82) is 0 Å². The second kappa shape index (κ2) is 10.1. The third kappa shape index (κ3) is 4.27. The van der Waals surface area contributed by atoms with E-state index in [1.54, 1.807) is 19.2 Å². The van der Waals surface area contributed by atoms with Gasteiger partial charge in [-0.15, -0.1) is 0 Å². The van der Waals surface area contributed by atoms with Crippen molar-refractivity contribution in [2.75, 3.05) is 14.2 Å². The highest BCUT2D eigenvalue weighted by Crippen LogP contribution is 2.47. The van der Waals surface area contributed by atoms with E-state index in [1.165, 1.54) is 7.11 Å². The van der Waals surface area contributed by atoms with E-state index >= 15 is 0 Å². The van der Waals surface area contributed by atoms with Gasteiger partial charge in [0.2, 0.25) is 0 Å². The molecule has 0 saturated carbocycles. The molecule has 0 aliphatic carbocycles. The molecule has 0 aliphatic heterocycles. The normalized spacial score (nSPS) is 12.0. The van der Waals surface area contributed by atoms with E-state index in [1.807, 2.05) is 36.4 Å². The van der Waals surface area contributed by atoms with Crippen LogP contribution in [0.2, 0.25) is 16.6 Å². The summed E-state index contributed by atoms with van der Waals surface area (Å²) in [4.78, 5) is 13.5. The van der Waals surface area contributed by atoms with Gasteiger partial charge in [0.1, 0.15) is 17.2 Å². The van der Waals surface area contributed by atoms with Gasteiger partial charge in [-0.3, -0.25) is 0 Å². The summed E-state index contributed by atoms with van der Waals surface area (Å²) >= 11 is 0. The highest BCUT2D eigenvalue weighted by atomic mass is 28.3. The van der Waals surface area contributed by atoms with E-state index in [0.29, 0.717) is 22.3 Å². The van der Waals surface area contributed by atoms with Crippen molar-refractivity contribution >= 4 is 14.2 Å². The van der Waals surface area contributed by atoms with Gasteiger partial charge >= 0.3 is 5.97 Å². The third-order valence-corrected chi connectivity index (χ3v) is 13.9. The minimum absolute atomic E-state index is 0.184. The molecule has 3 rings (SSSR count). The first-order valence-electron chi connectivity index (χ1n) is 11.9. The molecule has 1 aromatic heterocycles. The van der Waals surface area contributed by atoms with Gasteiger partial charge in [0.25, 0.3) is 0 Å². The summed E-state index contributed by atoms with van der Waals surface area (Å²) in [6.07, 6.45) is 2.17. The number of aromatic hydroxyl groups is 1. The maximum atomic E-state index is 13.5. The van der Waals surface area contributed by atoms with Crippen LogP contribution in [0.4, 0.5) is 0 Å². The number of phenols is 1. The standard InChI is InChI=1S/C28H37NO4Si/c1-18(2)34(19(3)4,20(5)6)29-17-25(21-11-15-24(32-7)16-12-21)26(27(29)28(31)33-8)22-9-13-23(30)14-10-22/h9-20,30H,1-8H3. The molecule has 0 radical (unpaired) electrons. The number of ether oxygens (including phenoxy) is 2. The number of hydrogen-bond donors (Lipinski definition) is 1. The van der Waals surface area contributed by atoms with Gasteiger partial charge in [-0.05, 0) is 52.0 Å². The molecule has 2 aromatic carbocycles. The van der Waals surface area contributed by atoms with Gasteiger partial charge in [-0.2, -0.15) is 0 Å². The molecule has 6 heteroatoms. The van der Waals surface area contributed by atoms with Gasteiger partial charge in [0, 0.05) is 17.3 Å². The first-order valence-corrected chi connectivity index (χ1v) is 14.0. The summed E-state index contributed by atoms with van der Waals surface area (Å²) in [7, 11) is 0.800. The van der Waals surface area contributed by atoms with E-state index in [4.69, 9.17) is 9.47 Å². The third-order valence-electron chi connectivity index (χ3n) is 7.13. The summed E-state index contributed by atoms with van der Waals surface area (Å²) in [5, 5.41) is 9.92. The van der Waals surface area contributed by atoms with E-state index < -0.39 is 8.24 Å². The van der Waals surface area contributed by atoms with Gasteiger partial charge < -0.3 is 18.8 Å². The van der Waals surface area contributed by atoms with E-state index in [2.05, 4.69) is 52.0 Å². The first kappa shape index (κ1) is 25.6. The Morgan fingerprint density at radius 1 is 0.824 bits per heavy atom. The minimum atomic E-state index is -2.29. The summed E-state index contributed by atoms with van der Waals surface area (Å²) in [5.41, 5.74) is 5.40. The molecule has 182 valence electrons. The number of rotatable bonds is 8. The van der Waals surface area contributed by atoms with Crippen molar-refractivity contribution in [3.63, 3.8) is 0 Å². The number of esters is 1. The number of nitrogens with zero attached hydrogens (tertiary/aromatic N) is 1. The zero-order valence-electron chi connectivity index (χ0n) is 21.5. The average Bonchev–Trinajstić information content (AvgIpc) is 3.19. The molecule has 0 spiro atoms. The SMILES string of the molecule is COC(=O)c1c(-c2ccc(O)cc2)c(-c2ccc(OC)cc2)cn1[Si](C(C)C)(C(C)C)C(C)C. The Kier molecular flexibility index (Phi) is 7.61. The Morgan fingerprint density at radius 3 is 1.76 bits per heavy atom. The number of phenolic OH excluding ortho intramolecular Hbond substituents is 1. The Hall–Kier alpha value is -2.99. The van der Waals surface area contributed by atoms with Crippen LogP contribution >= 0.6 is 0 Å². The van der Waals surface area contributed by atoms with Gasteiger partial charge in [0.15, 0.2) is 8.24 Å². The first-order chi connectivity index (χ1) is 16.1. The fourth-order valence-corrected chi connectivity index (χ4v) is 12.5. The van der Waals surface area contributed by atoms with Crippen LogP contribution < -0.4 is 4.74 Å². The van der Waals surface area contributed by atoms with Crippen molar-refractivity contribution in [2.24, 2.45) is 0 Å². The Balaban J connectivity index is 2.49. The summed E-state index contributed by atoms with van der Waals surface area (Å²) in [6, 6.07) is 14.9. The molecule has 1 heterocycles. The van der Waals surface area contributed by atoms with Crippen molar-refractivity contribution in [1.82, 2.24) is 4.23 Å². The quantitative estimate of drug-likeness (QED) is 0.271. The summed E-state index contributed by atoms with van der Waals surface area (Å²) in [5.74, 6) is 0.614. The molecule has 0 fully saturated rings. The van der Waals surface area contributed by atoms with Crippen LogP contribution in [0.25, 0.3) is 22.3 Å². The largest absolute Gasteiger partial charge is 0.508 e. The lowest BCUT2D eigenvalue weighted by Gasteiger charge is -2.44. The predicted molar refractivity (Wildman–Crippen MR) is 141 cm³/mol. The van der Waals surface area contributed by atoms with Crippen LogP contribution in [0.3, 0.4) is 0 Å². The van der Waals surface area contributed by atoms with E-state index in [0.717, 1.165) is 28.0 Å². The molecule has 34 heavy (non-hydrogen) atoms. The zero-order valence-corrected chi connectivity index (χ0v) is 22.5. The highest BCUT2D eigenvalue weighted by Gasteiger charge is 2.48. The molecule has 0 atom stereocenters. The predicted octanol–water partition coefficient (Wildman–Crippen LogP) is 7.35. The smallest absolute Gasteiger partial charge is 0.354 e. The fraction of sp³-hybridized carbons (Fsp3) is 0.393. The molecule has 0 bridgehead atoms. The van der Waals surface area contributed by atoms with Gasteiger partial charge in [-0.1, -0.05) is 65.8 Å². The monoisotopic (exact) mass is 479 g/mol. The van der Waals surface area contributed by atoms with Gasteiger partial charge in [-0.25, -0.2) is 4.79 Å². The van der Waals surface area contributed by atoms with Crippen LogP contribution in [0.15, 0.2) is 54.7 Å². The van der Waals surface area contributed by atoms with E-state index in [-0.39, 0.29) is 11.7 Å². The number of aromatic nitrogens is 1. The van der Waals surface area contributed by atoms with Crippen LogP contribution in [-0.2, 0) is 4.74 Å². The van der Waals surface area contributed by atoms with Crippen molar-refractivity contribution in [2.45, 2.75) is 58.2 Å². The average molecular weight is 480 g/mol. The van der Waals surface area contributed by atoms with Crippen molar-refractivity contribution in [3.8, 4) is 33.8 Å². The van der Waals surface area contributed by atoms with Crippen molar-refractivity contribution < 1.29 is 19.4 Å². The topological polar surface area (TPSA) is 60.7 Å². The number of carbonyl (C=O) groups is 1. The summed E-state index contributed by atoms with van der Waals surface area (Å²) in [6.45, 7) is 13.7. The van der Waals surface area contributed by atoms with Crippen LogP contribution in [0.1, 0.15) is 52.0 Å². The number of hydrogen-bond acceptors (Lipinski definition) is 4. The lowest BCUT2D eigenvalue weighted by molar-refractivity contribution is 0.0593. The highest BCUT2D eigenvalue weighted by molar-refractivity contribution is 6.82. The molecule has 1 N–H and O–H groups in total. The Labute approximate surface area is 204 Å². The maximum Gasteiger partial charge on any atom is 0.354 e. The van der Waals surface area contributed by atoms with Crippen LogP contribution in [-0.4, -0.2) is 37.8 Å². The van der Waals surface area contributed by atoms with E-state index in [9.17, 15) is 9.90 Å². The molecular weight excluding hydrogens is 442 g/mol. The van der Waals surface area contributed by atoms with Crippen molar-refractivity contribution in [3.05, 3.63) is 60.4 Å². The second-order valence-corrected chi connectivity index (χ2v) is 15.5. The molecule has 0 saturated heterocycles. The molecule has 0 unspecified atom stereocenters. The number of carbonyl (C=O) groups excluding carboxylic acids is 1. The van der Waals surface area contributed by atoms with Gasteiger partial charge in [0.05, 0.1) is 14.2 Å². The molecule has 3 aromatic rings. The zero-order chi connectivity index (χ0) is 25.2. The lowest BCUT2D eigenvalue weighted by Crippen LogP contribution is -2.52. The lowest BCUT2D eigenvalue weighted by atomic mass is 9.96. The van der Waals surface area contributed by atoms with Crippen LogP contribution in [0.5, 0.6) is 11.5 Å². The number of benzene rings is 2. The number of methoxy groups -OCH3 is 2. The minimum Gasteiger partial charge on any atom is -0.508 e. The Morgan fingerprint density at radius 2 is 1.32 bits per heavy atom. The van der Waals surface area contributed by atoms with Crippen LogP contribution in [0, 0.1) is 0 Å². The maximum absolute atomic E-state index is 13.5. The molecule has 0 aliphatic rings. The summed E-state index contributed by atoms with van der Waals surface area (Å²) < 4.78 is 13.0. The molecule has 5 nitrogen and oxygen atoms in total. The molecule has 0 amide bonds. The fourth-order valence-electron chi connectivity index (χ4n) is 5.85.